The molecular weight excluding hydrogens is 270 g/mol. The Labute approximate surface area is 126 Å². The van der Waals surface area contributed by atoms with Crippen LogP contribution in [0.1, 0.15) is 52.9 Å². The van der Waals surface area contributed by atoms with Crippen molar-refractivity contribution < 1.29 is 14.3 Å². The molecule has 0 aromatic carbocycles. The monoisotopic (exact) mass is 297 g/mol. The Bertz CT molecular complexity index is 386. The smallest absolute Gasteiger partial charge is 0.429 e. The maximum Gasteiger partial charge on any atom is 0.429 e. The van der Waals surface area contributed by atoms with Gasteiger partial charge in [-0.3, -0.25) is 4.79 Å². The first-order chi connectivity index (χ1) is 9.87. The fourth-order valence-corrected chi connectivity index (χ4v) is 2.78. The van der Waals surface area contributed by atoms with Gasteiger partial charge in [0.1, 0.15) is 5.60 Å². The summed E-state index contributed by atoms with van der Waals surface area (Å²) in [5.41, 5.74) is -0.542. The quantitative estimate of drug-likeness (QED) is 0.864. The van der Waals surface area contributed by atoms with Crippen molar-refractivity contribution in [2.45, 2.75) is 64.5 Å². The zero-order valence-electron chi connectivity index (χ0n) is 13.4. The lowest BCUT2D eigenvalue weighted by Crippen LogP contribution is -2.47. The average molecular weight is 297 g/mol. The summed E-state index contributed by atoms with van der Waals surface area (Å²) in [7, 11) is 0. The number of hydrazine groups is 1. The second-order valence-corrected chi connectivity index (χ2v) is 6.81. The molecule has 120 valence electrons. The molecule has 21 heavy (non-hydrogen) atoms. The van der Waals surface area contributed by atoms with Crippen molar-refractivity contribution >= 4 is 12.0 Å². The third-order valence-corrected chi connectivity index (χ3v) is 3.82. The number of hydrogen-bond acceptors (Lipinski definition) is 4. The molecule has 0 radical (unpaired) electrons. The van der Waals surface area contributed by atoms with E-state index in [2.05, 4.69) is 5.32 Å². The minimum Gasteiger partial charge on any atom is -0.442 e. The highest BCUT2D eigenvalue weighted by atomic mass is 16.6. The first kappa shape index (κ1) is 16.1. The van der Waals surface area contributed by atoms with Gasteiger partial charge in [-0.15, -0.1) is 0 Å². The highest BCUT2D eigenvalue weighted by Crippen LogP contribution is 2.19. The average Bonchev–Trinajstić information content (AvgIpc) is 2.77. The van der Waals surface area contributed by atoms with Gasteiger partial charge in [0.15, 0.2) is 0 Å². The summed E-state index contributed by atoms with van der Waals surface area (Å²) in [5.74, 6) is 0.0108. The molecule has 6 heteroatoms. The van der Waals surface area contributed by atoms with Crippen molar-refractivity contribution in [1.82, 2.24) is 15.3 Å². The lowest BCUT2D eigenvalue weighted by Gasteiger charge is -2.32. The lowest BCUT2D eigenvalue weighted by atomic mass is 10.0. The number of nitrogens with one attached hydrogen (secondary N) is 1. The van der Waals surface area contributed by atoms with E-state index in [0.717, 1.165) is 19.4 Å². The first-order valence-corrected chi connectivity index (χ1v) is 7.91. The maximum absolute atomic E-state index is 12.2. The summed E-state index contributed by atoms with van der Waals surface area (Å²) in [5, 5.41) is 6.48. The van der Waals surface area contributed by atoms with E-state index in [0.29, 0.717) is 25.6 Å². The van der Waals surface area contributed by atoms with Gasteiger partial charge in [-0.25, -0.2) is 14.8 Å². The third-order valence-electron chi connectivity index (χ3n) is 3.82. The van der Waals surface area contributed by atoms with Crippen molar-refractivity contribution in [1.29, 1.82) is 0 Å². The Morgan fingerprint density at radius 2 is 2.14 bits per heavy atom. The molecule has 0 saturated carbocycles. The van der Waals surface area contributed by atoms with Crippen LogP contribution in [0, 0.1) is 0 Å². The predicted octanol–water partition coefficient (Wildman–Crippen LogP) is 1.90. The summed E-state index contributed by atoms with van der Waals surface area (Å²) in [6.45, 7) is 7.55. The van der Waals surface area contributed by atoms with Crippen LogP contribution < -0.4 is 5.32 Å². The van der Waals surface area contributed by atoms with Gasteiger partial charge >= 0.3 is 6.09 Å². The van der Waals surface area contributed by atoms with E-state index in [-0.39, 0.29) is 5.91 Å². The summed E-state index contributed by atoms with van der Waals surface area (Å²) < 4.78 is 5.37. The predicted molar refractivity (Wildman–Crippen MR) is 79.5 cm³/mol. The molecule has 0 aromatic heterocycles. The summed E-state index contributed by atoms with van der Waals surface area (Å²) in [6.07, 6.45) is 4.45. The van der Waals surface area contributed by atoms with Gasteiger partial charge in [0.25, 0.3) is 0 Å². The van der Waals surface area contributed by atoms with Crippen LogP contribution in [0.25, 0.3) is 0 Å². The number of carbonyl (C=O) groups is 2. The van der Waals surface area contributed by atoms with Crippen molar-refractivity contribution in [3.05, 3.63) is 0 Å². The number of carbonyl (C=O) groups excluding carboxylic acids is 2. The molecule has 0 bridgehead atoms. The highest BCUT2D eigenvalue weighted by molar-refractivity contribution is 5.82. The molecule has 2 aliphatic heterocycles. The Hall–Kier alpha value is -1.30. The number of amides is 2. The Balaban J connectivity index is 1.88. The van der Waals surface area contributed by atoms with E-state index in [9.17, 15) is 9.59 Å². The molecule has 2 heterocycles. The molecule has 2 aliphatic rings. The van der Waals surface area contributed by atoms with Crippen LogP contribution in [0.5, 0.6) is 0 Å². The fraction of sp³-hybridized carbons (Fsp3) is 0.867. The van der Waals surface area contributed by atoms with Crippen molar-refractivity contribution in [2.24, 2.45) is 0 Å². The minimum atomic E-state index is -0.542. The number of piperidine rings is 1. The third kappa shape index (κ3) is 4.59. The zero-order valence-corrected chi connectivity index (χ0v) is 13.4. The highest BCUT2D eigenvalue weighted by Gasteiger charge is 2.35. The molecule has 2 fully saturated rings. The molecule has 0 aromatic rings. The fourth-order valence-electron chi connectivity index (χ4n) is 2.78. The van der Waals surface area contributed by atoms with Crippen LogP contribution >= 0.6 is 0 Å². The molecule has 0 aliphatic carbocycles. The summed E-state index contributed by atoms with van der Waals surface area (Å²) in [4.78, 5) is 24.1. The van der Waals surface area contributed by atoms with Crippen LogP contribution in [-0.4, -0.2) is 53.3 Å². The van der Waals surface area contributed by atoms with Gasteiger partial charge in [-0.05, 0) is 46.6 Å². The minimum absolute atomic E-state index is 0.0108. The van der Waals surface area contributed by atoms with Crippen LogP contribution in [0.15, 0.2) is 0 Å². The molecule has 1 unspecified atom stereocenters. The first-order valence-electron chi connectivity index (χ1n) is 7.91. The normalized spacial score (nSPS) is 23.6. The largest absolute Gasteiger partial charge is 0.442 e. The van der Waals surface area contributed by atoms with Crippen molar-refractivity contribution in [3.8, 4) is 0 Å². The van der Waals surface area contributed by atoms with Crippen LogP contribution in [0.3, 0.4) is 0 Å². The second kappa shape index (κ2) is 6.64. The Morgan fingerprint density at radius 3 is 2.76 bits per heavy atom. The standard InChI is InChI=1S/C15H27N3O3/c1-15(2,3)21-14(20)18-11-8-13(19)17(18)10-7-12-6-4-5-9-16-12/h12,16H,4-11H2,1-3H3. The number of rotatable bonds is 3. The molecule has 2 amide bonds. The Morgan fingerprint density at radius 1 is 1.38 bits per heavy atom. The maximum atomic E-state index is 12.2. The van der Waals surface area contributed by atoms with Crippen LogP contribution in [0.4, 0.5) is 4.79 Å². The van der Waals surface area contributed by atoms with E-state index in [4.69, 9.17) is 4.74 Å². The van der Waals surface area contributed by atoms with Gasteiger partial charge in [0, 0.05) is 19.0 Å². The van der Waals surface area contributed by atoms with E-state index in [1.807, 2.05) is 20.8 Å². The second-order valence-electron chi connectivity index (χ2n) is 6.81. The number of ether oxygens (including phenoxy) is 1. The van der Waals surface area contributed by atoms with E-state index in [1.54, 1.807) is 5.01 Å². The molecule has 1 atom stereocenters. The van der Waals surface area contributed by atoms with E-state index >= 15 is 0 Å². The Kier molecular flexibility index (Phi) is 5.08. The van der Waals surface area contributed by atoms with Crippen molar-refractivity contribution in [2.75, 3.05) is 19.6 Å². The number of hydrogen-bond donors (Lipinski definition) is 1. The molecule has 2 saturated heterocycles. The van der Waals surface area contributed by atoms with Gasteiger partial charge in [0.05, 0.1) is 6.54 Å². The van der Waals surface area contributed by atoms with Gasteiger partial charge in [-0.1, -0.05) is 6.42 Å². The summed E-state index contributed by atoms with van der Waals surface area (Å²) >= 11 is 0. The molecule has 6 nitrogen and oxygen atoms in total. The van der Waals surface area contributed by atoms with Gasteiger partial charge in [0.2, 0.25) is 5.91 Å². The topological polar surface area (TPSA) is 61.9 Å². The van der Waals surface area contributed by atoms with Gasteiger partial charge < -0.3 is 10.1 Å². The van der Waals surface area contributed by atoms with E-state index < -0.39 is 11.7 Å². The SMILES string of the molecule is CC(C)(C)OC(=O)N1CCC(=O)N1CCC1CCCCN1. The summed E-state index contributed by atoms with van der Waals surface area (Å²) in [6, 6.07) is 0.452. The van der Waals surface area contributed by atoms with Crippen LogP contribution in [-0.2, 0) is 9.53 Å². The molecular formula is C15H27N3O3. The molecule has 2 rings (SSSR count). The lowest BCUT2D eigenvalue weighted by molar-refractivity contribution is -0.137. The van der Waals surface area contributed by atoms with E-state index in [1.165, 1.54) is 17.9 Å². The van der Waals surface area contributed by atoms with Crippen molar-refractivity contribution in [3.63, 3.8) is 0 Å². The molecule has 1 N–H and O–H groups in total. The van der Waals surface area contributed by atoms with Gasteiger partial charge in [-0.2, -0.15) is 0 Å². The number of nitrogens with zero attached hydrogens (tertiary/aromatic N) is 2. The molecule has 0 spiro atoms. The zero-order chi connectivity index (χ0) is 15.5. The van der Waals surface area contributed by atoms with Crippen LogP contribution in [0.2, 0.25) is 0 Å².